The number of carbonyl (C=O) groups excluding carboxylic acids is 1. The third-order valence-electron chi connectivity index (χ3n) is 4.24. The summed E-state index contributed by atoms with van der Waals surface area (Å²) >= 11 is 0. The van der Waals surface area contributed by atoms with Crippen LogP contribution in [0.2, 0.25) is 0 Å². The van der Waals surface area contributed by atoms with E-state index in [2.05, 4.69) is 15.6 Å². The van der Waals surface area contributed by atoms with Crippen LogP contribution in [0.5, 0.6) is 0 Å². The number of hydrogen-bond acceptors (Lipinski definition) is 5. The fraction of sp³-hybridized carbons (Fsp3) is 0.0455. The molecule has 0 aliphatic rings. The lowest BCUT2D eigenvalue weighted by Crippen LogP contribution is -2.41. The summed E-state index contributed by atoms with van der Waals surface area (Å²) in [6.07, 6.45) is 1.28. The Kier molecular flexibility index (Phi) is 5.11. The molecule has 1 amide bonds. The number of carbonyl (C=O) groups is 1. The zero-order chi connectivity index (χ0) is 19.2. The summed E-state index contributed by atoms with van der Waals surface area (Å²) in [6, 6.07) is 26.8. The Bertz CT molecular complexity index is 1020. The van der Waals surface area contributed by atoms with Crippen molar-refractivity contribution in [1.82, 2.24) is 15.6 Å². The number of benzene rings is 3. The van der Waals surface area contributed by atoms with Crippen LogP contribution in [0.15, 0.2) is 95.7 Å². The Morgan fingerprint density at radius 2 is 1.57 bits per heavy atom. The molecule has 0 aliphatic heterocycles. The van der Waals surface area contributed by atoms with E-state index >= 15 is 0 Å². The minimum absolute atomic E-state index is 0.197. The maximum atomic E-state index is 12.8. The van der Waals surface area contributed by atoms with Crippen LogP contribution in [0, 0.1) is 0 Å². The molecular formula is C22H18N4O2. The van der Waals surface area contributed by atoms with Crippen LogP contribution >= 0.6 is 0 Å². The third-order valence-corrected chi connectivity index (χ3v) is 4.24. The number of rotatable bonds is 6. The second-order valence-electron chi connectivity index (χ2n) is 6.17. The Labute approximate surface area is 162 Å². The average molecular weight is 370 g/mol. The van der Waals surface area contributed by atoms with E-state index in [1.54, 1.807) is 24.3 Å². The van der Waals surface area contributed by atoms with Gasteiger partial charge in [0.05, 0.1) is 12.2 Å². The fourth-order valence-corrected chi connectivity index (χ4v) is 2.82. The molecule has 0 saturated heterocycles. The van der Waals surface area contributed by atoms with Gasteiger partial charge in [-0.25, -0.2) is 0 Å². The van der Waals surface area contributed by atoms with Gasteiger partial charge in [0.1, 0.15) is 0 Å². The molecular weight excluding hydrogens is 352 g/mol. The van der Waals surface area contributed by atoms with Crippen molar-refractivity contribution >= 4 is 11.6 Å². The van der Waals surface area contributed by atoms with E-state index in [1.807, 2.05) is 65.7 Å². The first-order valence-corrected chi connectivity index (χ1v) is 8.84. The molecule has 0 bridgehead atoms. The van der Waals surface area contributed by atoms with Crippen molar-refractivity contribution in [1.29, 1.82) is 0 Å². The van der Waals surface area contributed by atoms with E-state index in [-0.39, 0.29) is 5.91 Å². The zero-order valence-corrected chi connectivity index (χ0v) is 15.0. The van der Waals surface area contributed by atoms with Gasteiger partial charge >= 0.3 is 0 Å². The highest BCUT2D eigenvalue weighted by Gasteiger charge is 2.13. The quantitative estimate of drug-likeness (QED) is 0.518. The molecule has 6 nitrogen and oxygen atoms in total. The molecule has 0 saturated carbocycles. The third kappa shape index (κ3) is 4.07. The monoisotopic (exact) mass is 370 g/mol. The number of aromatic nitrogens is 2. The summed E-state index contributed by atoms with van der Waals surface area (Å²) in [5, 5.41) is 9.37. The van der Waals surface area contributed by atoms with Gasteiger partial charge in [0.25, 0.3) is 5.91 Å². The van der Waals surface area contributed by atoms with E-state index in [4.69, 9.17) is 4.42 Å². The van der Waals surface area contributed by atoms with Gasteiger partial charge in [0.2, 0.25) is 12.3 Å². The number of hydrogen-bond donors (Lipinski definition) is 1. The van der Waals surface area contributed by atoms with Crippen molar-refractivity contribution in [2.45, 2.75) is 6.54 Å². The first-order chi connectivity index (χ1) is 13.8. The fourth-order valence-electron chi connectivity index (χ4n) is 2.82. The predicted molar refractivity (Wildman–Crippen MR) is 106 cm³/mol. The van der Waals surface area contributed by atoms with E-state index in [0.717, 1.165) is 16.8 Å². The molecule has 6 heteroatoms. The number of nitrogens with zero attached hydrogens (tertiary/aromatic N) is 3. The van der Waals surface area contributed by atoms with Crippen molar-refractivity contribution in [2.24, 2.45) is 0 Å². The van der Waals surface area contributed by atoms with Gasteiger partial charge in [-0.2, -0.15) is 0 Å². The van der Waals surface area contributed by atoms with Crippen molar-refractivity contribution < 1.29 is 9.21 Å². The van der Waals surface area contributed by atoms with E-state index in [9.17, 15) is 4.79 Å². The van der Waals surface area contributed by atoms with Gasteiger partial charge in [-0.05, 0) is 42.0 Å². The van der Waals surface area contributed by atoms with Crippen LogP contribution in [0.1, 0.15) is 15.9 Å². The number of amides is 1. The van der Waals surface area contributed by atoms with Gasteiger partial charge < -0.3 is 4.42 Å². The second-order valence-corrected chi connectivity index (χ2v) is 6.17. The lowest BCUT2D eigenvalue weighted by atomic mass is 10.1. The minimum atomic E-state index is -0.197. The van der Waals surface area contributed by atoms with Crippen LogP contribution < -0.4 is 10.4 Å². The van der Waals surface area contributed by atoms with Crippen molar-refractivity contribution in [3.05, 3.63) is 102 Å². The average Bonchev–Trinajstić information content (AvgIpc) is 3.30. The van der Waals surface area contributed by atoms with Gasteiger partial charge in [-0.1, -0.05) is 48.5 Å². The zero-order valence-electron chi connectivity index (χ0n) is 15.0. The number of para-hydroxylation sites is 1. The van der Waals surface area contributed by atoms with Crippen molar-refractivity contribution in [3.8, 4) is 11.5 Å². The van der Waals surface area contributed by atoms with Gasteiger partial charge in [0.15, 0.2) is 0 Å². The van der Waals surface area contributed by atoms with Crippen molar-refractivity contribution in [2.75, 3.05) is 5.01 Å². The molecule has 4 rings (SSSR count). The molecule has 0 radical (unpaired) electrons. The Morgan fingerprint density at radius 3 is 2.21 bits per heavy atom. The Morgan fingerprint density at radius 1 is 0.893 bits per heavy atom. The highest BCUT2D eigenvalue weighted by molar-refractivity contribution is 5.95. The van der Waals surface area contributed by atoms with Crippen molar-refractivity contribution in [3.63, 3.8) is 0 Å². The molecule has 28 heavy (non-hydrogen) atoms. The first kappa shape index (κ1) is 17.5. The summed E-state index contributed by atoms with van der Waals surface area (Å²) in [4.78, 5) is 12.8. The molecule has 0 unspecified atom stereocenters. The van der Waals surface area contributed by atoms with Gasteiger partial charge in [-0.15, -0.1) is 10.2 Å². The van der Waals surface area contributed by atoms with E-state index in [0.29, 0.717) is 18.0 Å². The molecule has 0 aliphatic carbocycles. The van der Waals surface area contributed by atoms with Crippen LogP contribution in [-0.4, -0.2) is 16.1 Å². The Hall–Kier alpha value is -3.93. The topological polar surface area (TPSA) is 71.3 Å². The molecule has 4 aromatic rings. The summed E-state index contributed by atoms with van der Waals surface area (Å²) in [7, 11) is 0. The second kappa shape index (κ2) is 8.18. The maximum Gasteiger partial charge on any atom is 0.269 e. The normalized spacial score (nSPS) is 10.4. The van der Waals surface area contributed by atoms with Crippen LogP contribution in [0.25, 0.3) is 11.5 Å². The minimum Gasteiger partial charge on any atom is -0.423 e. The highest BCUT2D eigenvalue weighted by atomic mass is 16.4. The summed E-state index contributed by atoms with van der Waals surface area (Å²) in [5.41, 5.74) is 6.30. The molecule has 138 valence electrons. The van der Waals surface area contributed by atoms with E-state index < -0.39 is 0 Å². The predicted octanol–water partition coefficient (Wildman–Crippen LogP) is 4.09. The number of nitrogens with one attached hydrogen (secondary N) is 1. The molecule has 0 fully saturated rings. The summed E-state index contributed by atoms with van der Waals surface area (Å²) in [5.74, 6) is 0.221. The van der Waals surface area contributed by atoms with Crippen LogP contribution in [0.3, 0.4) is 0 Å². The maximum absolute atomic E-state index is 12.8. The Balaban J connectivity index is 1.53. The standard InChI is InChI=1S/C22H18N4O2/c27-21(18-11-13-19(14-12-18)22-24-23-16-28-22)25-26(20-9-5-2-6-10-20)15-17-7-3-1-4-8-17/h1-14,16H,15H2,(H,25,27). The molecule has 0 atom stereocenters. The largest absolute Gasteiger partial charge is 0.423 e. The van der Waals surface area contributed by atoms with Gasteiger partial charge in [0, 0.05) is 11.1 Å². The summed E-state index contributed by atoms with van der Waals surface area (Å²) in [6.45, 7) is 0.552. The first-order valence-electron chi connectivity index (χ1n) is 8.84. The van der Waals surface area contributed by atoms with Gasteiger partial charge in [-0.3, -0.25) is 15.2 Å². The number of hydrazine groups is 1. The SMILES string of the molecule is O=C(NN(Cc1ccccc1)c1ccccc1)c1ccc(-c2nnco2)cc1. The smallest absolute Gasteiger partial charge is 0.269 e. The molecule has 1 heterocycles. The lowest BCUT2D eigenvalue weighted by Gasteiger charge is -2.25. The lowest BCUT2D eigenvalue weighted by molar-refractivity contribution is 0.0948. The molecule has 1 aromatic heterocycles. The highest BCUT2D eigenvalue weighted by Crippen LogP contribution is 2.18. The molecule has 1 N–H and O–H groups in total. The van der Waals surface area contributed by atoms with Crippen LogP contribution in [-0.2, 0) is 6.54 Å². The van der Waals surface area contributed by atoms with Crippen LogP contribution in [0.4, 0.5) is 5.69 Å². The molecule has 3 aromatic carbocycles. The van der Waals surface area contributed by atoms with E-state index in [1.165, 1.54) is 6.39 Å². The number of anilines is 1. The summed E-state index contributed by atoms with van der Waals surface area (Å²) < 4.78 is 5.18. The molecule has 0 spiro atoms.